The Kier molecular flexibility index (Phi) is 10.6. The molecule has 3 N–H and O–H groups in total. The second-order valence-corrected chi connectivity index (χ2v) is 7.63. The fourth-order valence-corrected chi connectivity index (χ4v) is 3.90. The molecule has 3 rings (SSSR count). The Bertz CT molecular complexity index is 781. The lowest BCUT2D eigenvalue weighted by Crippen LogP contribution is -2.51. The van der Waals surface area contributed by atoms with Gasteiger partial charge in [-0.1, -0.05) is 55.0 Å². The maximum absolute atomic E-state index is 13.0. The van der Waals surface area contributed by atoms with Crippen LogP contribution in [0.5, 0.6) is 5.75 Å². The molecule has 0 bridgehead atoms. The molecular weight excluding hydrogens is 421 g/mol. The van der Waals surface area contributed by atoms with E-state index in [1.807, 2.05) is 48.5 Å². The SMILES string of the molecule is COc1ccccc1C(CNC(=O)C(C)(N)c1ccccc1)N1CCCCC1.Cl.Cl. The van der Waals surface area contributed by atoms with Crippen LogP contribution in [0.3, 0.4) is 0 Å². The molecule has 0 aliphatic carbocycles. The van der Waals surface area contributed by atoms with E-state index in [0.29, 0.717) is 6.54 Å². The van der Waals surface area contributed by atoms with Crippen LogP contribution in [-0.4, -0.2) is 37.6 Å². The molecule has 7 heteroatoms. The van der Waals surface area contributed by atoms with Crippen molar-refractivity contribution >= 4 is 30.7 Å². The van der Waals surface area contributed by atoms with E-state index >= 15 is 0 Å². The zero-order chi connectivity index (χ0) is 20.0. The van der Waals surface area contributed by atoms with Crippen LogP contribution in [0, 0.1) is 0 Å². The summed E-state index contributed by atoms with van der Waals surface area (Å²) >= 11 is 0. The third-order valence-electron chi connectivity index (χ3n) is 5.63. The largest absolute Gasteiger partial charge is 0.496 e. The van der Waals surface area contributed by atoms with Crippen LogP contribution in [0.1, 0.15) is 43.4 Å². The Morgan fingerprint density at radius 2 is 1.67 bits per heavy atom. The average Bonchev–Trinajstić information content (AvgIpc) is 2.75. The van der Waals surface area contributed by atoms with Gasteiger partial charge in [0.25, 0.3) is 0 Å². The maximum Gasteiger partial charge on any atom is 0.244 e. The number of amides is 1. The number of para-hydroxylation sites is 1. The molecule has 2 aromatic rings. The number of carbonyl (C=O) groups is 1. The second-order valence-electron chi connectivity index (χ2n) is 7.63. The number of ether oxygens (including phenoxy) is 1. The van der Waals surface area contributed by atoms with Crippen molar-refractivity contribution in [3.8, 4) is 5.75 Å². The van der Waals surface area contributed by atoms with Crippen LogP contribution in [0.4, 0.5) is 0 Å². The Morgan fingerprint density at radius 3 is 2.30 bits per heavy atom. The van der Waals surface area contributed by atoms with Crippen molar-refractivity contribution < 1.29 is 9.53 Å². The number of rotatable bonds is 7. The fraction of sp³-hybridized carbons (Fsp3) is 0.435. The Morgan fingerprint density at radius 1 is 1.07 bits per heavy atom. The number of hydrogen-bond donors (Lipinski definition) is 2. The predicted octanol–water partition coefficient (Wildman–Crippen LogP) is 4.06. The molecule has 2 unspecified atom stereocenters. The summed E-state index contributed by atoms with van der Waals surface area (Å²) in [6, 6.07) is 17.6. The molecule has 0 spiro atoms. The summed E-state index contributed by atoms with van der Waals surface area (Å²) in [6.07, 6.45) is 3.62. The molecule has 1 saturated heterocycles. The molecule has 0 saturated carbocycles. The Balaban J connectivity index is 0.00000225. The van der Waals surface area contributed by atoms with Crippen molar-refractivity contribution in [2.24, 2.45) is 5.73 Å². The molecule has 5 nitrogen and oxygen atoms in total. The number of methoxy groups -OCH3 is 1. The number of nitrogens with zero attached hydrogens (tertiary/aromatic N) is 1. The van der Waals surface area contributed by atoms with Crippen molar-refractivity contribution in [3.63, 3.8) is 0 Å². The molecule has 1 aliphatic heterocycles. The van der Waals surface area contributed by atoms with Gasteiger partial charge < -0.3 is 15.8 Å². The first-order valence-corrected chi connectivity index (χ1v) is 10.0. The summed E-state index contributed by atoms with van der Waals surface area (Å²) in [5, 5.41) is 3.11. The lowest BCUT2D eigenvalue weighted by Gasteiger charge is -2.36. The average molecular weight is 454 g/mol. The minimum Gasteiger partial charge on any atom is -0.496 e. The van der Waals surface area contributed by atoms with E-state index in [0.717, 1.165) is 30.0 Å². The standard InChI is InChI=1S/C23H31N3O2.2ClH/c1-23(24,18-11-5-3-6-12-18)22(27)25-17-20(26-15-9-4-10-16-26)19-13-7-8-14-21(19)28-2;;/h3,5-8,11-14,20H,4,9-10,15-17,24H2,1-2H3,(H,25,27);2*1H. The van der Waals surface area contributed by atoms with E-state index in [1.165, 1.54) is 19.3 Å². The van der Waals surface area contributed by atoms with Gasteiger partial charge in [0.1, 0.15) is 11.3 Å². The summed E-state index contributed by atoms with van der Waals surface area (Å²) in [7, 11) is 1.69. The third kappa shape index (κ3) is 6.11. The lowest BCUT2D eigenvalue weighted by atomic mass is 9.92. The first-order valence-electron chi connectivity index (χ1n) is 10.0. The van der Waals surface area contributed by atoms with E-state index in [1.54, 1.807) is 14.0 Å². The molecule has 1 aliphatic rings. The molecule has 2 atom stereocenters. The van der Waals surface area contributed by atoms with Gasteiger partial charge in [0, 0.05) is 12.1 Å². The van der Waals surface area contributed by atoms with Gasteiger partial charge in [-0.15, -0.1) is 24.8 Å². The highest BCUT2D eigenvalue weighted by Gasteiger charge is 2.32. The number of hydrogen-bond acceptors (Lipinski definition) is 4. The molecule has 0 radical (unpaired) electrons. The normalized spacial score (nSPS) is 16.9. The highest BCUT2D eigenvalue weighted by molar-refractivity contribution is 5.87. The van der Waals surface area contributed by atoms with Crippen molar-refractivity contribution in [3.05, 3.63) is 65.7 Å². The number of likely N-dealkylation sites (tertiary alicyclic amines) is 1. The van der Waals surface area contributed by atoms with E-state index in [-0.39, 0.29) is 36.8 Å². The molecular formula is C23H33Cl2N3O2. The van der Waals surface area contributed by atoms with Gasteiger partial charge in [-0.25, -0.2) is 0 Å². The van der Waals surface area contributed by atoms with Gasteiger partial charge >= 0.3 is 0 Å². The number of halogens is 2. The van der Waals surface area contributed by atoms with Crippen molar-refractivity contribution in [2.75, 3.05) is 26.7 Å². The summed E-state index contributed by atoms with van der Waals surface area (Å²) in [6.45, 7) is 4.31. The van der Waals surface area contributed by atoms with Crippen LogP contribution in [0.2, 0.25) is 0 Å². The van der Waals surface area contributed by atoms with Gasteiger partial charge in [0.05, 0.1) is 13.2 Å². The second kappa shape index (κ2) is 12.2. The van der Waals surface area contributed by atoms with E-state index in [2.05, 4.69) is 16.3 Å². The van der Waals surface area contributed by atoms with Gasteiger partial charge in [-0.3, -0.25) is 9.69 Å². The third-order valence-corrected chi connectivity index (χ3v) is 5.63. The minimum absolute atomic E-state index is 0. The summed E-state index contributed by atoms with van der Waals surface area (Å²) in [4.78, 5) is 15.4. The summed E-state index contributed by atoms with van der Waals surface area (Å²) in [5.74, 6) is 0.682. The number of piperidine rings is 1. The molecule has 1 heterocycles. The van der Waals surface area contributed by atoms with Crippen molar-refractivity contribution in [2.45, 2.75) is 37.8 Å². The van der Waals surface area contributed by atoms with Gasteiger partial charge in [-0.05, 0) is 44.5 Å². The molecule has 2 aromatic carbocycles. The highest BCUT2D eigenvalue weighted by atomic mass is 35.5. The van der Waals surface area contributed by atoms with Crippen LogP contribution >= 0.6 is 24.8 Å². The predicted molar refractivity (Wildman–Crippen MR) is 127 cm³/mol. The van der Waals surface area contributed by atoms with Crippen molar-refractivity contribution in [1.29, 1.82) is 0 Å². The quantitative estimate of drug-likeness (QED) is 0.662. The Labute approximate surface area is 192 Å². The van der Waals surface area contributed by atoms with Crippen molar-refractivity contribution in [1.82, 2.24) is 10.2 Å². The number of carbonyl (C=O) groups excluding carboxylic acids is 1. The molecule has 30 heavy (non-hydrogen) atoms. The number of nitrogens with two attached hydrogens (primary N) is 1. The van der Waals surface area contributed by atoms with E-state index < -0.39 is 5.54 Å². The molecule has 166 valence electrons. The van der Waals surface area contributed by atoms with Crippen LogP contribution in [0.15, 0.2) is 54.6 Å². The topological polar surface area (TPSA) is 67.6 Å². The van der Waals surface area contributed by atoms with E-state index in [9.17, 15) is 4.79 Å². The summed E-state index contributed by atoms with van der Waals surface area (Å²) < 4.78 is 5.60. The minimum atomic E-state index is -1.07. The first-order chi connectivity index (χ1) is 13.5. The first kappa shape index (κ1) is 26.2. The molecule has 1 fully saturated rings. The van der Waals surface area contributed by atoms with Gasteiger partial charge in [0.2, 0.25) is 5.91 Å². The van der Waals surface area contributed by atoms with E-state index in [4.69, 9.17) is 10.5 Å². The van der Waals surface area contributed by atoms with Gasteiger partial charge in [0.15, 0.2) is 0 Å². The fourth-order valence-electron chi connectivity index (χ4n) is 3.90. The van der Waals surface area contributed by atoms with Crippen LogP contribution < -0.4 is 15.8 Å². The lowest BCUT2D eigenvalue weighted by molar-refractivity contribution is -0.126. The Hall–Kier alpha value is -1.79. The van der Waals surface area contributed by atoms with Crippen LogP contribution in [0.25, 0.3) is 0 Å². The molecule has 0 aromatic heterocycles. The van der Waals surface area contributed by atoms with Gasteiger partial charge in [-0.2, -0.15) is 0 Å². The van der Waals surface area contributed by atoms with Crippen LogP contribution in [-0.2, 0) is 10.3 Å². The maximum atomic E-state index is 13.0. The monoisotopic (exact) mass is 453 g/mol. The number of benzene rings is 2. The smallest absolute Gasteiger partial charge is 0.244 e. The highest BCUT2D eigenvalue weighted by Crippen LogP contribution is 2.31. The number of nitrogens with one attached hydrogen (secondary N) is 1. The zero-order valence-corrected chi connectivity index (χ0v) is 19.3. The zero-order valence-electron chi connectivity index (χ0n) is 17.7. The summed E-state index contributed by atoms with van der Waals surface area (Å²) in [5.41, 5.74) is 7.22. The molecule has 1 amide bonds.